The maximum atomic E-state index is 12.2. The third-order valence-corrected chi connectivity index (χ3v) is 3.58. The molecule has 22 heavy (non-hydrogen) atoms. The third kappa shape index (κ3) is 3.69. The van der Waals surface area contributed by atoms with Gasteiger partial charge in [0, 0.05) is 30.8 Å². The molecule has 2 aromatic carbocycles. The molecule has 0 fully saturated rings. The standard InChI is InChI=1S/C17H22N3O2/c1-17(2,15-7-3-13(11-18)4-8-15)22-20(21)16-9-5-14(12-19)6-10-16/h3-10H,11-12,18-19H2,1-2H3/q+1. The van der Waals surface area contributed by atoms with Crippen molar-refractivity contribution in [2.45, 2.75) is 32.5 Å². The van der Waals surface area contributed by atoms with Crippen molar-refractivity contribution in [1.82, 2.24) is 0 Å². The number of benzene rings is 2. The average molecular weight is 300 g/mol. The van der Waals surface area contributed by atoms with Crippen LogP contribution in [0.3, 0.4) is 0 Å². The largest absolute Gasteiger partial charge is 0.326 e. The minimum Gasteiger partial charge on any atom is -0.326 e. The van der Waals surface area contributed by atoms with Crippen molar-refractivity contribution in [3.05, 3.63) is 70.1 Å². The molecule has 0 spiro atoms. The van der Waals surface area contributed by atoms with Gasteiger partial charge in [0.2, 0.25) is 5.60 Å². The topological polar surface area (TPSA) is 81.3 Å². The summed E-state index contributed by atoms with van der Waals surface area (Å²) in [6, 6.07) is 14.7. The van der Waals surface area contributed by atoms with E-state index in [9.17, 15) is 4.91 Å². The monoisotopic (exact) mass is 300 g/mol. The second kappa shape index (κ2) is 6.68. The lowest BCUT2D eigenvalue weighted by molar-refractivity contribution is -0.770. The smallest absolute Gasteiger partial charge is 0.316 e. The Bertz CT molecular complexity index is 634. The van der Waals surface area contributed by atoms with Crippen molar-refractivity contribution in [1.29, 1.82) is 0 Å². The van der Waals surface area contributed by atoms with Crippen molar-refractivity contribution in [3.8, 4) is 0 Å². The Hall–Kier alpha value is -2.24. The quantitative estimate of drug-likeness (QED) is 0.804. The fourth-order valence-corrected chi connectivity index (χ4v) is 2.11. The van der Waals surface area contributed by atoms with Crippen LogP contribution in [0.1, 0.15) is 30.5 Å². The molecule has 0 radical (unpaired) electrons. The van der Waals surface area contributed by atoms with Gasteiger partial charge in [-0.1, -0.05) is 36.4 Å². The zero-order chi connectivity index (χ0) is 16.2. The summed E-state index contributed by atoms with van der Waals surface area (Å²) in [4.78, 5) is 18.3. The Labute approximate surface area is 130 Å². The van der Waals surface area contributed by atoms with Gasteiger partial charge >= 0.3 is 5.69 Å². The summed E-state index contributed by atoms with van der Waals surface area (Å²) in [6.45, 7) is 4.63. The fourth-order valence-electron chi connectivity index (χ4n) is 2.11. The van der Waals surface area contributed by atoms with Crippen LogP contribution in [-0.2, 0) is 23.5 Å². The zero-order valence-corrected chi connectivity index (χ0v) is 13.0. The van der Waals surface area contributed by atoms with Crippen LogP contribution in [0.4, 0.5) is 5.69 Å². The Morgan fingerprint density at radius 3 is 1.82 bits per heavy atom. The fraction of sp³-hybridized carbons (Fsp3) is 0.294. The normalized spacial score (nSPS) is 11.3. The molecule has 116 valence electrons. The molecule has 0 atom stereocenters. The lowest BCUT2D eigenvalue weighted by Crippen LogP contribution is -2.25. The molecule has 0 aliphatic heterocycles. The van der Waals surface area contributed by atoms with Gasteiger partial charge in [0.25, 0.3) is 4.92 Å². The number of hydrogen-bond acceptors (Lipinski definition) is 4. The molecule has 2 rings (SSSR count). The van der Waals surface area contributed by atoms with Gasteiger partial charge in [0.1, 0.15) is 0 Å². The van der Waals surface area contributed by atoms with Crippen molar-refractivity contribution in [2.75, 3.05) is 0 Å². The number of nitrogens with zero attached hydrogens (tertiary/aromatic N) is 1. The Morgan fingerprint density at radius 1 is 0.909 bits per heavy atom. The van der Waals surface area contributed by atoms with Crippen molar-refractivity contribution >= 4 is 5.69 Å². The summed E-state index contributed by atoms with van der Waals surface area (Å²) < 4.78 is 0. The van der Waals surface area contributed by atoms with Gasteiger partial charge in [-0.05, 0) is 25.0 Å². The van der Waals surface area contributed by atoms with Crippen molar-refractivity contribution < 1.29 is 9.76 Å². The van der Waals surface area contributed by atoms with E-state index in [0.717, 1.165) is 16.7 Å². The molecule has 0 heterocycles. The van der Waals surface area contributed by atoms with Crippen LogP contribution in [0.5, 0.6) is 0 Å². The molecule has 0 bridgehead atoms. The lowest BCUT2D eigenvalue weighted by atomic mass is 9.97. The predicted octanol–water partition coefficient (Wildman–Crippen LogP) is 2.88. The molecule has 0 amide bonds. The van der Waals surface area contributed by atoms with E-state index < -0.39 is 5.60 Å². The van der Waals surface area contributed by atoms with E-state index in [1.807, 2.05) is 50.2 Å². The number of nitrogens with two attached hydrogens (primary N) is 2. The third-order valence-electron chi connectivity index (χ3n) is 3.58. The maximum Gasteiger partial charge on any atom is 0.316 e. The van der Waals surface area contributed by atoms with Crippen LogP contribution >= 0.6 is 0 Å². The lowest BCUT2D eigenvalue weighted by Gasteiger charge is -2.18. The second-order valence-electron chi connectivity index (χ2n) is 5.63. The van der Waals surface area contributed by atoms with Crippen LogP contribution in [-0.4, -0.2) is 4.92 Å². The van der Waals surface area contributed by atoms with E-state index >= 15 is 0 Å². The van der Waals surface area contributed by atoms with E-state index in [1.54, 1.807) is 12.1 Å². The Kier molecular flexibility index (Phi) is 4.90. The number of hydrogen-bond donors (Lipinski definition) is 2. The molecule has 2 aromatic rings. The first kappa shape index (κ1) is 16.1. The molecule has 5 nitrogen and oxygen atoms in total. The summed E-state index contributed by atoms with van der Waals surface area (Å²) in [5.74, 6) is 0. The summed E-state index contributed by atoms with van der Waals surface area (Å²) in [7, 11) is 0. The summed E-state index contributed by atoms with van der Waals surface area (Å²) in [5.41, 5.74) is 13.7. The molecule has 0 saturated heterocycles. The highest BCUT2D eigenvalue weighted by molar-refractivity contribution is 5.32. The number of rotatable bonds is 6. The first-order valence-corrected chi connectivity index (χ1v) is 7.21. The maximum absolute atomic E-state index is 12.2. The predicted molar refractivity (Wildman–Crippen MR) is 86.1 cm³/mol. The van der Waals surface area contributed by atoms with Crippen LogP contribution in [0.25, 0.3) is 0 Å². The molecule has 0 aliphatic carbocycles. The van der Waals surface area contributed by atoms with Gasteiger partial charge in [-0.15, -0.1) is 0 Å². The van der Waals surface area contributed by atoms with Gasteiger partial charge in [-0.2, -0.15) is 0 Å². The average Bonchev–Trinajstić information content (AvgIpc) is 2.54. The minimum absolute atomic E-state index is 0.434. The summed E-state index contributed by atoms with van der Waals surface area (Å²) >= 11 is 0. The molecule has 0 aliphatic rings. The van der Waals surface area contributed by atoms with Crippen molar-refractivity contribution in [2.24, 2.45) is 11.5 Å². The zero-order valence-electron chi connectivity index (χ0n) is 13.0. The Morgan fingerprint density at radius 2 is 1.36 bits per heavy atom. The molecule has 0 saturated carbocycles. The van der Waals surface area contributed by atoms with Gasteiger partial charge in [0.15, 0.2) is 0 Å². The van der Waals surface area contributed by atoms with Gasteiger partial charge < -0.3 is 11.5 Å². The highest BCUT2D eigenvalue weighted by atomic mass is 16.8. The first-order valence-electron chi connectivity index (χ1n) is 7.21. The molecule has 0 unspecified atom stereocenters. The molecule has 0 aromatic heterocycles. The van der Waals surface area contributed by atoms with Gasteiger partial charge in [-0.25, -0.2) is 4.84 Å². The Balaban J connectivity index is 2.13. The minimum atomic E-state index is -0.749. The van der Waals surface area contributed by atoms with E-state index in [4.69, 9.17) is 16.3 Å². The van der Waals surface area contributed by atoms with E-state index in [0.29, 0.717) is 23.7 Å². The van der Waals surface area contributed by atoms with E-state index in [1.165, 1.54) is 0 Å². The highest BCUT2D eigenvalue weighted by Gasteiger charge is 2.32. The van der Waals surface area contributed by atoms with E-state index in [-0.39, 0.29) is 0 Å². The van der Waals surface area contributed by atoms with Gasteiger partial charge in [-0.3, -0.25) is 0 Å². The SMILES string of the molecule is CC(C)(O[N+](=O)c1ccc(CN)cc1)c1ccc(CN)cc1. The summed E-state index contributed by atoms with van der Waals surface area (Å²) in [5, 5.41) is 0. The second-order valence-corrected chi connectivity index (χ2v) is 5.63. The van der Waals surface area contributed by atoms with Gasteiger partial charge in [0.05, 0.1) is 4.91 Å². The highest BCUT2D eigenvalue weighted by Crippen LogP contribution is 2.27. The van der Waals surface area contributed by atoms with Crippen molar-refractivity contribution in [3.63, 3.8) is 0 Å². The van der Waals surface area contributed by atoms with Crippen LogP contribution in [0, 0.1) is 4.91 Å². The van der Waals surface area contributed by atoms with Crippen LogP contribution in [0.15, 0.2) is 48.5 Å². The molecule has 5 heteroatoms. The first-order chi connectivity index (χ1) is 10.5. The molecule has 4 N–H and O–H groups in total. The van der Waals surface area contributed by atoms with E-state index in [2.05, 4.69) is 0 Å². The summed E-state index contributed by atoms with van der Waals surface area (Å²) in [6.07, 6.45) is 0. The van der Waals surface area contributed by atoms with Crippen LogP contribution < -0.4 is 11.5 Å². The van der Waals surface area contributed by atoms with Crippen LogP contribution in [0.2, 0.25) is 0 Å². The molecular formula is C17H22N3O2+. The molecular weight excluding hydrogens is 278 g/mol.